The summed E-state index contributed by atoms with van der Waals surface area (Å²) in [5.74, 6) is 3.19. The van der Waals surface area contributed by atoms with Gasteiger partial charge in [-0.3, -0.25) is 9.52 Å². The largest absolute Gasteiger partial charge is 0.486 e. The lowest BCUT2D eigenvalue weighted by Crippen LogP contribution is -2.31. The van der Waals surface area contributed by atoms with Crippen LogP contribution in [-0.4, -0.2) is 39.0 Å². The lowest BCUT2D eigenvalue weighted by Gasteiger charge is -2.21. The smallest absolute Gasteiger partial charge is 0.262 e. The van der Waals surface area contributed by atoms with Crippen LogP contribution in [0.1, 0.15) is 21.5 Å². The minimum absolute atomic E-state index is 0.0511. The molecule has 0 aliphatic carbocycles. The number of nitrogens with one attached hydrogen (secondary N) is 1. The Kier molecular flexibility index (Phi) is 6.75. The van der Waals surface area contributed by atoms with E-state index in [0.29, 0.717) is 42.5 Å². The van der Waals surface area contributed by atoms with Crippen LogP contribution in [0.3, 0.4) is 0 Å². The van der Waals surface area contributed by atoms with Crippen molar-refractivity contribution in [3.63, 3.8) is 0 Å². The van der Waals surface area contributed by atoms with E-state index in [9.17, 15) is 13.2 Å². The van der Waals surface area contributed by atoms with E-state index in [1.807, 2.05) is 31.2 Å². The molecule has 0 saturated heterocycles. The predicted octanol–water partition coefficient (Wildman–Crippen LogP) is 3.84. The molecule has 1 aliphatic heterocycles. The SMILES string of the molecule is C#CCN(Cc1ccc(C)cc1)C(=O)c1ccc(NS(=O)(=O)c2ccc3c(c2)OCCO3)cc1. The van der Waals surface area contributed by atoms with Gasteiger partial charge in [0.1, 0.15) is 13.2 Å². The van der Waals surface area contributed by atoms with Crippen molar-refractivity contribution in [3.05, 3.63) is 83.4 Å². The number of sulfonamides is 1. The molecule has 0 spiro atoms. The molecule has 3 aromatic carbocycles. The minimum Gasteiger partial charge on any atom is -0.486 e. The quantitative estimate of drug-likeness (QED) is 0.524. The molecule has 4 rings (SSSR count). The number of terminal acetylenes is 1. The molecule has 1 heterocycles. The number of rotatable bonds is 7. The van der Waals surface area contributed by atoms with Crippen molar-refractivity contribution in [1.29, 1.82) is 0 Å². The van der Waals surface area contributed by atoms with Crippen LogP contribution >= 0.6 is 0 Å². The van der Waals surface area contributed by atoms with Crippen molar-refractivity contribution >= 4 is 21.6 Å². The molecule has 0 unspecified atom stereocenters. The van der Waals surface area contributed by atoms with E-state index in [-0.39, 0.29) is 17.3 Å². The van der Waals surface area contributed by atoms with E-state index < -0.39 is 10.0 Å². The third-order valence-corrected chi connectivity index (χ3v) is 6.65. The van der Waals surface area contributed by atoms with Crippen molar-refractivity contribution in [1.82, 2.24) is 4.90 Å². The molecule has 0 aromatic heterocycles. The highest BCUT2D eigenvalue weighted by atomic mass is 32.2. The number of ether oxygens (including phenoxy) is 2. The van der Waals surface area contributed by atoms with Crippen molar-refractivity contribution < 1.29 is 22.7 Å². The fourth-order valence-corrected chi connectivity index (χ4v) is 4.57. The van der Waals surface area contributed by atoms with Crippen LogP contribution in [0.5, 0.6) is 11.5 Å². The number of hydrogen-bond acceptors (Lipinski definition) is 5. The van der Waals surface area contributed by atoms with Gasteiger partial charge < -0.3 is 14.4 Å². The summed E-state index contributed by atoms with van der Waals surface area (Å²) in [7, 11) is -3.86. The van der Waals surface area contributed by atoms with Crippen molar-refractivity contribution in [2.24, 2.45) is 0 Å². The Morgan fingerprint density at radius 2 is 1.68 bits per heavy atom. The molecule has 1 amide bonds. The van der Waals surface area contributed by atoms with E-state index in [1.165, 1.54) is 12.1 Å². The molecule has 0 fully saturated rings. The highest BCUT2D eigenvalue weighted by Crippen LogP contribution is 2.32. The molecular formula is C26H24N2O5S. The van der Waals surface area contributed by atoms with Gasteiger partial charge in [0.2, 0.25) is 0 Å². The number of nitrogens with zero attached hydrogens (tertiary/aromatic N) is 1. The summed E-state index contributed by atoms with van der Waals surface area (Å²) < 4.78 is 39.1. The first-order chi connectivity index (χ1) is 16.4. The first kappa shape index (κ1) is 23.2. The normalized spacial score (nSPS) is 12.5. The molecule has 1 N–H and O–H groups in total. The zero-order valence-electron chi connectivity index (χ0n) is 18.7. The van der Waals surface area contributed by atoms with E-state index in [0.717, 1.165) is 11.1 Å². The van der Waals surface area contributed by atoms with Gasteiger partial charge in [0.15, 0.2) is 11.5 Å². The van der Waals surface area contributed by atoms with E-state index in [1.54, 1.807) is 35.2 Å². The zero-order chi connectivity index (χ0) is 24.1. The van der Waals surface area contributed by atoms with Crippen molar-refractivity contribution in [2.45, 2.75) is 18.4 Å². The second-order valence-electron chi connectivity index (χ2n) is 7.84. The van der Waals surface area contributed by atoms with Crippen molar-refractivity contribution in [3.8, 4) is 23.8 Å². The van der Waals surface area contributed by atoms with Gasteiger partial charge >= 0.3 is 0 Å². The number of carbonyl (C=O) groups excluding carboxylic acids is 1. The molecule has 3 aromatic rings. The summed E-state index contributed by atoms with van der Waals surface area (Å²) in [5.41, 5.74) is 2.84. The van der Waals surface area contributed by atoms with Gasteiger partial charge in [0.05, 0.1) is 11.4 Å². The molecule has 0 atom stereocenters. The monoisotopic (exact) mass is 476 g/mol. The number of hydrogen-bond donors (Lipinski definition) is 1. The Balaban J connectivity index is 1.47. The lowest BCUT2D eigenvalue weighted by atomic mass is 10.1. The molecule has 8 heteroatoms. The van der Waals surface area contributed by atoms with E-state index in [2.05, 4.69) is 10.6 Å². The molecule has 34 heavy (non-hydrogen) atoms. The van der Waals surface area contributed by atoms with Gasteiger partial charge in [-0.1, -0.05) is 35.7 Å². The fraction of sp³-hybridized carbons (Fsp3) is 0.192. The summed E-state index contributed by atoms with van der Waals surface area (Å²) >= 11 is 0. The number of benzene rings is 3. The summed E-state index contributed by atoms with van der Waals surface area (Å²) in [4.78, 5) is 14.6. The van der Waals surface area contributed by atoms with Crippen LogP contribution in [0.4, 0.5) is 5.69 Å². The van der Waals surface area contributed by atoms with Crippen molar-refractivity contribution in [2.75, 3.05) is 24.5 Å². The van der Waals surface area contributed by atoms with Gasteiger partial charge in [-0.25, -0.2) is 8.42 Å². The lowest BCUT2D eigenvalue weighted by molar-refractivity contribution is 0.0766. The minimum atomic E-state index is -3.86. The van der Waals surface area contributed by atoms with E-state index >= 15 is 0 Å². The van der Waals surface area contributed by atoms with Crippen LogP contribution < -0.4 is 14.2 Å². The van der Waals surface area contributed by atoms with Crippen LogP contribution in [0.25, 0.3) is 0 Å². The first-order valence-corrected chi connectivity index (χ1v) is 12.1. The summed E-state index contributed by atoms with van der Waals surface area (Å²) in [6.07, 6.45) is 5.48. The Morgan fingerprint density at radius 3 is 2.35 bits per heavy atom. The Morgan fingerprint density at radius 1 is 1.00 bits per heavy atom. The summed E-state index contributed by atoms with van der Waals surface area (Å²) in [5, 5.41) is 0. The van der Waals surface area contributed by atoms with Gasteiger partial charge in [0.25, 0.3) is 15.9 Å². The average molecular weight is 477 g/mol. The Labute approximate surface area is 199 Å². The second-order valence-corrected chi connectivity index (χ2v) is 9.52. The van der Waals surface area contributed by atoms with Gasteiger partial charge in [-0.2, -0.15) is 0 Å². The standard InChI is InChI=1S/C26H24N2O5S/c1-3-14-28(18-20-6-4-19(2)5-7-20)26(29)21-8-10-22(11-9-21)27-34(30,31)23-12-13-24-25(17-23)33-16-15-32-24/h1,4-13,17,27H,14-16,18H2,2H3. The molecule has 174 valence electrons. The molecule has 7 nitrogen and oxygen atoms in total. The Hall–Kier alpha value is -3.96. The van der Waals surface area contributed by atoms with Crippen LogP contribution in [0, 0.1) is 19.3 Å². The maximum absolute atomic E-state index is 13.0. The van der Waals surface area contributed by atoms with Crippen LogP contribution in [-0.2, 0) is 16.6 Å². The number of anilines is 1. The zero-order valence-corrected chi connectivity index (χ0v) is 19.5. The summed E-state index contributed by atoms with van der Waals surface area (Å²) in [6, 6.07) is 18.6. The highest BCUT2D eigenvalue weighted by molar-refractivity contribution is 7.92. The van der Waals surface area contributed by atoms with Gasteiger partial charge in [-0.15, -0.1) is 6.42 Å². The highest BCUT2D eigenvalue weighted by Gasteiger charge is 2.20. The molecular weight excluding hydrogens is 452 g/mol. The number of fused-ring (bicyclic) bond motifs is 1. The van der Waals surface area contributed by atoms with Crippen LogP contribution in [0.2, 0.25) is 0 Å². The first-order valence-electron chi connectivity index (χ1n) is 10.7. The Bertz CT molecular complexity index is 1330. The maximum atomic E-state index is 13.0. The van der Waals surface area contributed by atoms with Gasteiger partial charge in [0, 0.05) is 23.9 Å². The fourth-order valence-electron chi connectivity index (χ4n) is 3.49. The third-order valence-electron chi connectivity index (χ3n) is 5.27. The predicted molar refractivity (Wildman–Crippen MR) is 129 cm³/mol. The molecule has 0 radical (unpaired) electrons. The van der Waals surface area contributed by atoms with Gasteiger partial charge in [-0.05, 0) is 48.9 Å². The molecule has 1 aliphatic rings. The molecule has 0 bridgehead atoms. The van der Waals surface area contributed by atoms with E-state index in [4.69, 9.17) is 15.9 Å². The molecule has 0 saturated carbocycles. The second kappa shape index (κ2) is 9.89. The number of aryl methyl sites for hydroxylation is 1. The number of amides is 1. The summed E-state index contributed by atoms with van der Waals surface area (Å²) in [6.45, 7) is 3.32. The average Bonchev–Trinajstić information content (AvgIpc) is 2.84. The maximum Gasteiger partial charge on any atom is 0.262 e. The third kappa shape index (κ3) is 5.33. The van der Waals surface area contributed by atoms with Crippen LogP contribution in [0.15, 0.2) is 71.6 Å². The topological polar surface area (TPSA) is 84.9 Å². The number of carbonyl (C=O) groups is 1.